The third-order valence-corrected chi connectivity index (χ3v) is 4.18. The fourth-order valence-corrected chi connectivity index (χ4v) is 1.43. The van der Waals surface area contributed by atoms with Gasteiger partial charge >= 0.3 is 11.9 Å². The summed E-state index contributed by atoms with van der Waals surface area (Å²) in [6.07, 6.45) is 4.06. The Bertz CT molecular complexity index is 423. The Morgan fingerprint density at radius 2 is 1.71 bits per heavy atom. The molecule has 0 bridgehead atoms. The molecule has 2 unspecified atom stereocenters. The van der Waals surface area contributed by atoms with Crippen LogP contribution in [0.25, 0.3) is 0 Å². The minimum atomic E-state index is -1.20. The molecule has 9 nitrogen and oxygen atoms in total. The number of carboxylic acids is 2. The number of hydrogen-bond donors (Lipinski definition) is 6. The molecule has 0 saturated heterocycles. The number of hydrogen-bond acceptors (Lipinski definition) is 7. The van der Waals surface area contributed by atoms with Crippen molar-refractivity contribution in [2.24, 2.45) is 0 Å². The molecule has 0 heterocycles. The van der Waals surface area contributed by atoms with Crippen molar-refractivity contribution in [3.05, 3.63) is 0 Å². The molecule has 0 fully saturated rings. The van der Waals surface area contributed by atoms with Gasteiger partial charge in [-0.3, -0.25) is 14.4 Å². The number of carboxylic acid groups (broad SMARTS) is 2. The number of aliphatic carboxylic acids is 2. The van der Waals surface area contributed by atoms with E-state index in [0.717, 1.165) is 0 Å². The zero-order chi connectivity index (χ0) is 19.1. The van der Waals surface area contributed by atoms with Gasteiger partial charge in [0.05, 0.1) is 0 Å². The normalized spacial score (nSPS) is 12.2. The maximum absolute atomic E-state index is 11.5. The van der Waals surface area contributed by atoms with Gasteiger partial charge in [-0.1, -0.05) is 21.6 Å². The van der Waals surface area contributed by atoms with E-state index in [4.69, 9.17) is 10.2 Å². The third-order valence-electron chi connectivity index (χ3n) is 2.48. The van der Waals surface area contributed by atoms with Crippen LogP contribution >= 0.6 is 34.2 Å². The lowest BCUT2D eigenvalue weighted by molar-refractivity contribution is -0.408. The van der Waals surface area contributed by atoms with Gasteiger partial charge in [-0.15, -0.1) is 0 Å². The Balaban J connectivity index is 0. The van der Waals surface area contributed by atoms with Crippen molar-refractivity contribution in [2.45, 2.75) is 24.9 Å². The Morgan fingerprint density at radius 3 is 2.08 bits per heavy atom. The SMILES string of the molecule is CSSC.[NH3+]C(CCC(=O)NC(CS)C(=O)NCC(=O)O)C(=O)O. The van der Waals surface area contributed by atoms with E-state index in [2.05, 4.69) is 41.5 Å². The number of rotatable bonds is 10. The monoisotopic (exact) mass is 402 g/mol. The second-order valence-electron chi connectivity index (χ2n) is 4.32. The Morgan fingerprint density at radius 1 is 1.17 bits per heavy atom. The topological polar surface area (TPSA) is 160 Å². The van der Waals surface area contributed by atoms with Crippen LogP contribution in [0.3, 0.4) is 0 Å². The van der Waals surface area contributed by atoms with E-state index in [0.29, 0.717) is 0 Å². The number of amides is 2. The van der Waals surface area contributed by atoms with Gasteiger partial charge in [0.25, 0.3) is 0 Å². The average Bonchev–Trinajstić information content (AvgIpc) is 2.55. The highest BCUT2D eigenvalue weighted by Crippen LogP contribution is 2.09. The third kappa shape index (κ3) is 14.5. The number of carbonyl (C=O) groups excluding carboxylic acids is 2. The number of carbonyl (C=O) groups is 4. The molecule has 140 valence electrons. The predicted molar refractivity (Wildman–Crippen MR) is 97.0 cm³/mol. The summed E-state index contributed by atoms with van der Waals surface area (Å²) >= 11 is 3.89. The molecule has 24 heavy (non-hydrogen) atoms. The summed E-state index contributed by atoms with van der Waals surface area (Å²) in [7, 11) is 3.55. The highest BCUT2D eigenvalue weighted by molar-refractivity contribution is 8.76. The van der Waals surface area contributed by atoms with Gasteiger partial charge in [-0.05, 0) is 12.5 Å². The van der Waals surface area contributed by atoms with Gasteiger partial charge in [-0.25, -0.2) is 4.79 Å². The van der Waals surface area contributed by atoms with Crippen LogP contribution in [-0.2, 0) is 19.2 Å². The first-order valence-corrected chi connectivity index (χ1v) is 10.3. The second-order valence-corrected chi connectivity index (χ2v) is 7.35. The van der Waals surface area contributed by atoms with Crippen LogP contribution in [0.1, 0.15) is 12.8 Å². The molecule has 0 saturated carbocycles. The molecule has 2 amide bonds. The van der Waals surface area contributed by atoms with Crippen molar-refractivity contribution >= 4 is 58.0 Å². The standard InChI is InChI=1S/C10H17N3O6S.C2H6S2/c11-5(10(18)19)1-2-7(14)13-6(4-20)9(17)12-3-8(15)16;1-3-4-2/h5-6,20H,1-4,11H2,(H,12,17)(H,13,14)(H,15,16)(H,18,19);1-2H3/p+1. The highest BCUT2D eigenvalue weighted by atomic mass is 33.1. The lowest BCUT2D eigenvalue weighted by Gasteiger charge is -2.15. The van der Waals surface area contributed by atoms with Crippen molar-refractivity contribution < 1.29 is 35.1 Å². The molecule has 0 spiro atoms. The molecular formula is C12H24N3O6S3+. The predicted octanol–water partition coefficient (Wildman–Crippen LogP) is -1.30. The molecule has 0 aliphatic heterocycles. The van der Waals surface area contributed by atoms with Crippen molar-refractivity contribution in [1.29, 1.82) is 0 Å². The molecule has 0 rings (SSSR count). The van der Waals surface area contributed by atoms with Gasteiger partial charge < -0.3 is 26.6 Å². The number of quaternary nitrogens is 1. The largest absolute Gasteiger partial charge is 0.480 e. The van der Waals surface area contributed by atoms with E-state index in [1.54, 1.807) is 21.6 Å². The Hall–Kier alpha value is -1.11. The maximum Gasteiger partial charge on any atom is 0.362 e. The van der Waals surface area contributed by atoms with Gasteiger partial charge in [0.15, 0.2) is 6.04 Å². The molecule has 0 aromatic heterocycles. The van der Waals surface area contributed by atoms with Crippen molar-refractivity contribution in [3.8, 4) is 0 Å². The van der Waals surface area contributed by atoms with E-state index < -0.39 is 42.4 Å². The van der Waals surface area contributed by atoms with Crippen LogP contribution < -0.4 is 16.4 Å². The van der Waals surface area contributed by atoms with Gasteiger partial charge in [0.1, 0.15) is 12.6 Å². The molecule has 12 heteroatoms. The lowest BCUT2D eigenvalue weighted by Crippen LogP contribution is -2.65. The summed E-state index contributed by atoms with van der Waals surface area (Å²) in [5.74, 6) is -3.51. The Labute approximate surface area is 153 Å². The molecule has 7 N–H and O–H groups in total. The van der Waals surface area contributed by atoms with Crippen molar-refractivity contribution in [1.82, 2.24) is 10.6 Å². The molecule has 0 aromatic carbocycles. The van der Waals surface area contributed by atoms with Crippen LogP contribution in [0.2, 0.25) is 0 Å². The zero-order valence-electron chi connectivity index (χ0n) is 13.5. The van der Waals surface area contributed by atoms with Crippen LogP contribution in [0.4, 0.5) is 0 Å². The molecule has 0 aromatic rings. The summed E-state index contributed by atoms with van der Waals surface area (Å²) in [4.78, 5) is 43.9. The molecule has 0 radical (unpaired) electrons. The van der Waals surface area contributed by atoms with E-state index >= 15 is 0 Å². The molecule has 2 atom stereocenters. The van der Waals surface area contributed by atoms with Gasteiger partial charge in [0.2, 0.25) is 11.8 Å². The van der Waals surface area contributed by atoms with E-state index in [1.165, 1.54) is 0 Å². The zero-order valence-corrected chi connectivity index (χ0v) is 16.0. The summed E-state index contributed by atoms with van der Waals surface area (Å²) in [6.45, 7) is -0.557. The van der Waals surface area contributed by atoms with Crippen molar-refractivity contribution in [3.63, 3.8) is 0 Å². The summed E-state index contributed by atoms with van der Waals surface area (Å²) in [5.41, 5.74) is 3.35. The summed E-state index contributed by atoms with van der Waals surface area (Å²) in [6, 6.07) is -1.88. The fourth-order valence-electron chi connectivity index (χ4n) is 1.18. The average molecular weight is 403 g/mol. The van der Waals surface area contributed by atoms with Gasteiger partial charge in [-0.2, -0.15) is 12.6 Å². The van der Waals surface area contributed by atoms with E-state index in [9.17, 15) is 19.2 Å². The number of thiol groups is 1. The first-order chi connectivity index (χ1) is 11.2. The Kier molecular flexibility index (Phi) is 16.1. The maximum atomic E-state index is 11.5. The van der Waals surface area contributed by atoms with E-state index in [-0.39, 0.29) is 18.6 Å². The molecular weight excluding hydrogens is 378 g/mol. The first kappa shape index (κ1) is 25.1. The van der Waals surface area contributed by atoms with E-state index in [1.807, 2.05) is 0 Å². The molecule has 0 aliphatic carbocycles. The minimum Gasteiger partial charge on any atom is -0.480 e. The van der Waals surface area contributed by atoms with Crippen LogP contribution in [0.5, 0.6) is 0 Å². The van der Waals surface area contributed by atoms with Crippen LogP contribution in [-0.4, -0.2) is 70.9 Å². The fraction of sp³-hybridized carbons (Fsp3) is 0.667. The number of nitrogens with one attached hydrogen (secondary N) is 2. The lowest BCUT2D eigenvalue weighted by atomic mass is 10.1. The second kappa shape index (κ2) is 15.4. The van der Waals surface area contributed by atoms with Crippen LogP contribution in [0.15, 0.2) is 0 Å². The molecule has 0 aliphatic rings. The highest BCUT2D eigenvalue weighted by Gasteiger charge is 2.22. The quantitative estimate of drug-likeness (QED) is 0.194. The van der Waals surface area contributed by atoms with Gasteiger partial charge in [0, 0.05) is 18.6 Å². The summed E-state index contributed by atoms with van der Waals surface area (Å²) < 4.78 is 0. The first-order valence-electron chi connectivity index (χ1n) is 6.71. The minimum absolute atomic E-state index is 0.00999. The van der Waals surface area contributed by atoms with Crippen molar-refractivity contribution in [2.75, 3.05) is 24.8 Å². The summed E-state index contributed by atoms with van der Waals surface area (Å²) in [5, 5.41) is 21.5. The smallest absolute Gasteiger partial charge is 0.362 e. The van der Waals surface area contributed by atoms with Crippen LogP contribution in [0, 0.1) is 0 Å².